The molecule has 2 aromatic heterocycles. The SMILES string of the molecule is CCCNc1nc(-c2cc(C)ccc2F)c2cn[nH]c2n1. The number of fused-ring (bicyclic) bond motifs is 1. The van der Waals surface area contributed by atoms with E-state index in [0.29, 0.717) is 28.2 Å². The summed E-state index contributed by atoms with van der Waals surface area (Å²) < 4.78 is 14.2. The topological polar surface area (TPSA) is 66.5 Å². The third-order valence-electron chi connectivity index (χ3n) is 3.22. The van der Waals surface area contributed by atoms with Crippen LogP contribution in [0.1, 0.15) is 18.9 Å². The van der Waals surface area contributed by atoms with Gasteiger partial charge in [0.25, 0.3) is 0 Å². The first kappa shape index (κ1) is 13.5. The highest BCUT2D eigenvalue weighted by molar-refractivity contribution is 5.90. The number of anilines is 1. The standard InChI is InChI=1S/C15H16FN5/c1-3-6-17-15-19-13(11-8-18-21-14(11)20-15)10-7-9(2)4-5-12(10)16/h4-5,7-8H,3,6H2,1-2H3,(H2,17,18,19,20,21). The molecule has 0 atom stereocenters. The van der Waals surface area contributed by atoms with E-state index in [0.717, 1.165) is 18.5 Å². The molecule has 0 aliphatic carbocycles. The summed E-state index contributed by atoms with van der Waals surface area (Å²) in [7, 11) is 0. The lowest BCUT2D eigenvalue weighted by molar-refractivity contribution is 0.630. The zero-order chi connectivity index (χ0) is 14.8. The Balaban J connectivity index is 2.19. The van der Waals surface area contributed by atoms with Crippen molar-refractivity contribution < 1.29 is 4.39 Å². The van der Waals surface area contributed by atoms with E-state index in [4.69, 9.17) is 0 Å². The summed E-state index contributed by atoms with van der Waals surface area (Å²) in [5.41, 5.74) is 2.58. The largest absolute Gasteiger partial charge is 0.354 e. The van der Waals surface area contributed by atoms with Gasteiger partial charge in [-0.25, -0.2) is 9.37 Å². The highest BCUT2D eigenvalue weighted by Gasteiger charge is 2.14. The van der Waals surface area contributed by atoms with Crippen molar-refractivity contribution in [2.24, 2.45) is 0 Å². The van der Waals surface area contributed by atoms with Crippen LogP contribution in [0.5, 0.6) is 0 Å². The molecule has 108 valence electrons. The number of aryl methyl sites for hydroxylation is 1. The molecular weight excluding hydrogens is 269 g/mol. The number of nitrogens with one attached hydrogen (secondary N) is 2. The fourth-order valence-electron chi connectivity index (χ4n) is 2.18. The molecule has 0 amide bonds. The summed E-state index contributed by atoms with van der Waals surface area (Å²) in [6, 6.07) is 4.98. The Morgan fingerprint density at radius 3 is 2.95 bits per heavy atom. The minimum Gasteiger partial charge on any atom is -0.354 e. The molecule has 0 radical (unpaired) electrons. The maximum absolute atomic E-state index is 14.2. The van der Waals surface area contributed by atoms with Crippen molar-refractivity contribution in [1.29, 1.82) is 0 Å². The van der Waals surface area contributed by atoms with E-state index in [1.165, 1.54) is 6.07 Å². The van der Waals surface area contributed by atoms with Crippen molar-refractivity contribution in [1.82, 2.24) is 20.2 Å². The second-order valence-corrected chi connectivity index (χ2v) is 4.94. The van der Waals surface area contributed by atoms with E-state index in [1.807, 2.05) is 6.92 Å². The van der Waals surface area contributed by atoms with Crippen LogP contribution in [0.2, 0.25) is 0 Å². The van der Waals surface area contributed by atoms with E-state index in [9.17, 15) is 4.39 Å². The minimum absolute atomic E-state index is 0.303. The molecule has 1 aromatic carbocycles. The van der Waals surface area contributed by atoms with E-state index in [1.54, 1.807) is 18.3 Å². The number of aromatic nitrogens is 4. The Hall–Kier alpha value is -2.50. The first-order chi connectivity index (χ1) is 10.2. The number of hydrogen-bond donors (Lipinski definition) is 2. The lowest BCUT2D eigenvalue weighted by Crippen LogP contribution is -2.05. The molecule has 21 heavy (non-hydrogen) atoms. The number of benzene rings is 1. The van der Waals surface area contributed by atoms with Crippen LogP contribution < -0.4 is 5.32 Å². The Kier molecular flexibility index (Phi) is 3.51. The first-order valence-corrected chi connectivity index (χ1v) is 6.90. The number of halogens is 1. The smallest absolute Gasteiger partial charge is 0.225 e. The Bertz CT molecular complexity index is 781. The Morgan fingerprint density at radius 1 is 1.29 bits per heavy atom. The molecule has 0 unspecified atom stereocenters. The number of nitrogens with zero attached hydrogens (tertiary/aromatic N) is 3. The molecule has 0 fully saturated rings. The van der Waals surface area contributed by atoms with Crippen molar-refractivity contribution >= 4 is 17.0 Å². The molecule has 0 aliphatic rings. The first-order valence-electron chi connectivity index (χ1n) is 6.90. The van der Waals surface area contributed by atoms with E-state index < -0.39 is 0 Å². The van der Waals surface area contributed by atoms with Gasteiger partial charge in [-0.05, 0) is 25.5 Å². The van der Waals surface area contributed by atoms with E-state index in [-0.39, 0.29) is 5.82 Å². The van der Waals surface area contributed by atoms with Crippen molar-refractivity contribution in [2.75, 3.05) is 11.9 Å². The van der Waals surface area contributed by atoms with Crippen LogP contribution in [-0.4, -0.2) is 26.7 Å². The Labute approximate surface area is 121 Å². The van der Waals surface area contributed by atoms with Crippen LogP contribution in [0.4, 0.5) is 10.3 Å². The summed E-state index contributed by atoms with van der Waals surface area (Å²) in [5.74, 6) is 0.174. The molecule has 3 rings (SSSR count). The molecule has 0 bridgehead atoms. The number of rotatable bonds is 4. The van der Waals surface area contributed by atoms with Gasteiger partial charge in [0.1, 0.15) is 5.82 Å². The molecule has 2 heterocycles. The molecule has 0 aliphatic heterocycles. The number of H-pyrrole nitrogens is 1. The molecule has 0 saturated carbocycles. The summed E-state index contributed by atoms with van der Waals surface area (Å²) in [6.45, 7) is 4.74. The van der Waals surface area contributed by atoms with Crippen LogP contribution in [0.25, 0.3) is 22.3 Å². The average molecular weight is 285 g/mol. The summed E-state index contributed by atoms with van der Waals surface area (Å²) >= 11 is 0. The van der Waals surface area contributed by atoms with Crippen LogP contribution in [0.15, 0.2) is 24.4 Å². The molecule has 0 spiro atoms. The van der Waals surface area contributed by atoms with Crippen molar-refractivity contribution in [3.05, 3.63) is 35.8 Å². The van der Waals surface area contributed by atoms with Crippen molar-refractivity contribution in [3.63, 3.8) is 0 Å². The third-order valence-corrected chi connectivity index (χ3v) is 3.22. The lowest BCUT2D eigenvalue weighted by Gasteiger charge is -2.08. The lowest BCUT2D eigenvalue weighted by atomic mass is 10.1. The van der Waals surface area contributed by atoms with Gasteiger partial charge in [0, 0.05) is 12.1 Å². The third kappa shape index (κ3) is 2.56. The zero-order valence-corrected chi connectivity index (χ0v) is 11.9. The highest BCUT2D eigenvalue weighted by Crippen LogP contribution is 2.29. The summed E-state index contributed by atoms with van der Waals surface area (Å²) in [4.78, 5) is 8.81. The van der Waals surface area contributed by atoms with Gasteiger partial charge < -0.3 is 5.32 Å². The maximum Gasteiger partial charge on any atom is 0.225 e. The van der Waals surface area contributed by atoms with Crippen molar-refractivity contribution in [2.45, 2.75) is 20.3 Å². The summed E-state index contributed by atoms with van der Waals surface area (Å²) in [6.07, 6.45) is 2.58. The summed E-state index contributed by atoms with van der Waals surface area (Å²) in [5, 5.41) is 10.6. The zero-order valence-electron chi connectivity index (χ0n) is 11.9. The predicted octanol–water partition coefficient (Wildman–Crippen LogP) is 3.29. The van der Waals surface area contributed by atoms with Gasteiger partial charge in [0.05, 0.1) is 17.3 Å². The van der Waals surface area contributed by atoms with Crippen LogP contribution in [0.3, 0.4) is 0 Å². The monoisotopic (exact) mass is 285 g/mol. The number of aromatic amines is 1. The second-order valence-electron chi connectivity index (χ2n) is 4.94. The Morgan fingerprint density at radius 2 is 2.14 bits per heavy atom. The normalized spacial score (nSPS) is 11.0. The van der Waals surface area contributed by atoms with Gasteiger partial charge in [-0.1, -0.05) is 18.6 Å². The predicted molar refractivity (Wildman–Crippen MR) is 80.6 cm³/mol. The molecule has 6 heteroatoms. The average Bonchev–Trinajstić information content (AvgIpc) is 2.95. The number of hydrogen-bond acceptors (Lipinski definition) is 4. The van der Waals surface area contributed by atoms with Gasteiger partial charge in [-0.2, -0.15) is 10.1 Å². The molecule has 3 aromatic rings. The fraction of sp³-hybridized carbons (Fsp3) is 0.267. The maximum atomic E-state index is 14.2. The fourth-order valence-corrected chi connectivity index (χ4v) is 2.18. The molecule has 2 N–H and O–H groups in total. The van der Waals surface area contributed by atoms with Gasteiger partial charge in [-0.15, -0.1) is 0 Å². The van der Waals surface area contributed by atoms with Crippen LogP contribution >= 0.6 is 0 Å². The molecule has 5 nitrogen and oxygen atoms in total. The van der Waals surface area contributed by atoms with Crippen LogP contribution in [0, 0.1) is 12.7 Å². The molecular formula is C15H16FN5. The van der Waals surface area contributed by atoms with Crippen molar-refractivity contribution in [3.8, 4) is 11.3 Å². The van der Waals surface area contributed by atoms with Gasteiger partial charge in [0.15, 0.2) is 5.65 Å². The molecule has 0 saturated heterocycles. The van der Waals surface area contributed by atoms with Gasteiger partial charge >= 0.3 is 0 Å². The highest BCUT2D eigenvalue weighted by atomic mass is 19.1. The minimum atomic E-state index is -0.303. The van der Waals surface area contributed by atoms with Gasteiger partial charge in [-0.3, -0.25) is 5.10 Å². The second kappa shape index (κ2) is 5.47. The van der Waals surface area contributed by atoms with E-state index in [2.05, 4.69) is 32.4 Å². The van der Waals surface area contributed by atoms with Crippen LogP contribution in [-0.2, 0) is 0 Å². The quantitative estimate of drug-likeness (QED) is 0.772. The van der Waals surface area contributed by atoms with E-state index >= 15 is 0 Å². The van der Waals surface area contributed by atoms with Gasteiger partial charge in [0.2, 0.25) is 5.95 Å².